The molecular weight excluding hydrogens is 250 g/mol. The monoisotopic (exact) mass is 275 g/mol. The number of nitrogens with two attached hydrogens (primary N) is 1. The van der Waals surface area contributed by atoms with Crippen molar-refractivity contribution in [2.45, 2.75) is 24.9 Å². The third-order valence-corrected chi connectivity index (χ3v) is 4.92. The van der Waals surface area contributed by atoms with Crippen LogP contribution in [0.1, 0.15) is 18.4 Å². The topological polar surface area (TPSA) is 41.7 Å². The van der Waals surface area contributed by atoms with Crippen molar-refractivity contribution >= 4 is 0 Å². The minimum Gasteiger partial charge on any atom is -0.492 e. The number of rotatable bonds is 2. The highest BCUT2D eigenvalue weighted by atomic mass is 16.5. The Hall–Kier alpha value is -1.10. The fourth-order valence-electron chi connectivity index (χ4n) is 3.41. The van der Waals surface area contributed by atoms with E-state index in [1.807, 2.05) is 6.07 Å². The van der Waals surface area contributed by atoms with Crippen LogP contribution in [-0.2, 0) is 6.54 Å². The van der Waals surface area contributed by atoms with Crippen LogP contribution in [0.4, 0.5) is 0 Å². The van der Waals surface area contributed by atoms with Gasteiger partial charge in [-0.25, -0.2) is 0 Å². The molecule has 20 heavy (non-hydrogen) atoms. The van der Waals surface area contributed by atoms with Gasteiger partial charge in [-0.2, -0.15) is 0 Å². The zero-order chi connectivity index (χ0) is 14.0. The van der Waals surface area contributed by atoms with E-state index in [9.17, 15) is 0 Å². The Labute approximate surface area is 121 Å². The number of hydrogen-bond acceptors (Lipinski definition) is 4. The SMILES string of the molecule is CN1CCC(CN)(N2CCOc3ccccc3C2)CC1. The van der Waals surface area contributed by atoms with Gasteiger partial charge >= 0.3 is 0 Å². The van der Waals surface area contributed by atoms with Gasteiger partial charge in [-0.05, 0) is 39.0 Å². The molecule has 0 atom stereocenters. The second-order valence-corrected chi connectivity index (χ2v) is 6.11. The van der Waals surface area contributed by atoms with Crippen LogP contribution in [-0.4, -0.2) is 55.2 Å². The number of hydrogen-bond donors (Lipinski definition) is 1. The van der Waals surface area contributed by atoms with E-state index in [4.69, 9.17) is 10.5 Å². The van der Waals surface area contributed by atoms with E-state index in [0.29, 0.717) is 0 Å². The number of fused-ring (bicyclic) bond motifs is 1. The zero-order valence-corrected chi connectivity index (χ0v) is 12.3. The first kappa shape index (κ1) is 13.9. The molecule has 3 rings (SSSR count). The summed E-state index contributed by atoms with van der Waals surface area (Å²) in [7, 11) is 2.20. The maximum Gasteiger partial charge on any atom is 0.123 e. The first-order chi connectivity index (χ1) is 9.73. The maximum absolute atomic E-state index is 6.18. The van der Waals surface area contributed by atoms with Crippen molar-refractivity contribution in [1.82, 2.24) is 9.80 Å². The largest absolute Gasteiger partial charge is 0.492 e. The lowest BCUT2D eigenvalue weighted by atomic mass is 9.85. The molecule has 2 aliphatic rings. The van der Waals surface area contributed by atoms with Crippen LogP contribution in [0, 0.1) is 0 Å². The first-order valence-corrected chi connectivity index (χ1v) is 7.58. The van der Waals surface area contributed by atoms with Gasteiger partial charge in [0.25, 0.3) is 0 Å². The Balaban J connectivity index is 1.82. The number of piperidine rings is 1. The van der Waals surface area contributed by atoms with Crippen molar-refractivity contribution < 1.29 is 4.74 Å². The van der Waals surface area contributed by atoms with Crippen molar-refractivity contribution in [3.05, 3.63) is 29.8 Å². The normalized spacial score (nSPS) is 23.7. The number of ether oxygens (including phenoxy) is 1. The summed E-state index contributed by atoms with van der Waals surface area (Å²) in [5.74, 6) is 1.04. The summed E-state index contributed by atoms with van der Waals surface area (Å²) in [5, 5.41) is 0. The molecule has 2 heterocycles. The molecule has 1 aromatic carbocycles. The quantitative estimate of drug-likeness (QED) is 0.883. The van der Waals surface area contributed by atoms with Crippen molar-refractivity contribution in [3.8, 4) is 5.75 Å². The summed E-state index contributed by atoms with van der Waals surface area (Å²) < 4.78 is 5.89. The van der Waals surface area contributed by atoms with Crippen molar-refractivity contribution in [2.75, 3.05) is 39.8 Å². The molecule has 0 amide bonds. The molecule has 1 saturated heterocycles. The second kappa shape index (κ2) is 5.72. The van der Waals surface area contributed by atoms with E-state index >= 15 is 0 Å². The molecule has 4 heteroatoms. The average molecular weight is 275 g/mol. The van der Waals surface area contributed by atoms with Crippen LogP contribution in [0.15, 0.2) is 24.3 Å². The van der Waals surface area contributed by atoms with Gasteiger partial charge in [-0.1, -0.05) is 18.2 Å². The van der Waals surface area contributed by atoms with Gasteiger partial charge in [-0.3, -0.25) is 4.90 Å². The van der Waals surface area contributed by atoms with Gasteiger partial charge in [0.05, 0.1) is 0 Å². The third kappa shape index (κ3) is 2.55. The fraction of sp³-hybridized carbons (Fsp3) is 0.625. The highest BCUT2D eigenvalue weighted by Crippen LogP contribution is 2.32. The molecule has 4 nitrogen and oxygen atoms in total. The van der Waals surface area contributed by atoms with Crippen molar-refractivity contribution in [1.29, 1.82) is 0 Å². The van der Waals surface area contributed by atoms with Gasteiger partial charge in [0.15, 0.2) is 0 Å². The lowest BCUT2D eigenvalue weighted by molar-refractivity contribution is 0.0244. The molecular formula is C16H25N3O. The Morgan fingerprint density at radius 3 is 2.70 bits per heavy atom. The number of para-hydroxylation sites is 1. The molecule has 0 aromatic heterocycles. The van der Waals surface area contributed by atoms with Gasteiger partial charge in [-0.15, -0.1) is 0 Å². The molecule has 0 unspecified atom stereocenters. The molecule has 0 radical (unpaired) electrons. The summed E-state index contributed by atoms with van der Waals surface area (Å²) >= 11 is 0. The lowest BCUT2D eigenvalue weighted by Gasteiger charge is -2.47. The third-order valence-electron chi connectivity index (χ3n) is 4.92. The van der Waals surface area contributed by atoms with Crippen molar-refractivity contribution in [2.24, 2.45) is 5.73 Å². The van der Waals surface area contributed by atoms with Crippen molar-refractivity contribution in [3.63, 3.8) is 0 Å². The van der Waals surface area contributed by atoms with Gasteiger partial charge in [0, 0.05) is 30.7 Å². The molecule has 1 fully saturated rings. The summed E-state index contributed by atoms with van der Waals surface area (Å²) in [6, 6.07) is 8.38. The summed E-state index contributed by atoms with van der Waals surface area (Å²) in [5.41, 5.74) is 7.62. The molecule has 2 N–H and O–H groups in total. The van der Waals surface area contributed by atoms with E-state index in [0.717, 1.165) is 57.9 Å². The minimum atomic E-state index is 0.146. The Morgan fingerprint density at radius 1 is 1.20 bits per heavy atom. The molecule has 110 valence electrons. The average Bonchev–Trinajstić information content (AvgIpc) is 2.71. The predicted octanol–water partition coefficient (Wildman–Crippen LogP) is 1.30. The Bertz CT molecular complexity index is 455. The highest BCUT2D eigenvalue weighted by molar-refractivity contribution is 5.34. The molecule has 1 aromatic rings. The summed E-state index contributed by atoms with van der Waals surface area (Å²) in [6.07, 6.45) is 2.31. The van der Waals surface area contributed by atoms with Crippen LogP contribution in [0.2, 0.25) is 0 Å². The number of likely N-dealkylation sites (tertiary alicyclic amines) is 1. The standard InChI is InChI=1S/C16H25N3O/c1-18-8-6-16(13-17,7-9-18)19-10-11-20-15-5-3-2-4-14(15)12-19/h2-5H,6-13,17H2,1H3. The van der Waals surface area contributed by atoms with Gasteiger partial charge in [0.2, 0.25) is 0 Å². The zero-order valence-electron chi connectivity index (χ0n) is 12.3. The fourth-order valence-corrected chi connectivity index (χ4v) is 3.41. The summed E-state index contributed by atoms with van der Waals surface area (Å²) in [4.78, 5) is 4.96. The van der Waals surface area contributed by atoms with Gasteiger partial charge < -0.3 is 15.4 Å². The van der Waals surface area contributed by atoms with E-state index in [1.165, 1.54) is 5.56 Å². The van der Waals surface area contributed by atoms with E-state index in [1.54, 1.807) is 0 Å². The second-order valence-electron chi connectivity index (χ2n) is 6.11. The van der Waals surface area contributed by atoms with Crippen LogP contribution in [0.5, 0.6) is 5.75 Å². The molecule has 0 saturated carbocycles. The number of nitrogens with zero attached hydrogens (tertiary/aromatic N) is 2. The minimum absolute atomic E-state index is 0.146. The van der Waals surface area contributed by atoms with Gasteiger partial charge in [0.1, 0.15) is 12.4 Å². The van der Waals surface area contributed by atoms with Crippen LogP contribution in [0.25, 0.3) is 0 Å². The number of benzene rings is 1. The van der Waals surface area contributed by atoms with E-state index < -0.39 is 0 Å². The first-order valence-electron chi connectivity index (χ1n) is 7.58. The maximum atomic E-state index is 6.18. The predicted molar refractivity (Wildman–Crippen MR) is 80.9 cm³/mol. The molecule has 0 aliphatic carbocycles. The Kier molecular flexibility index (Phi) is 3.96. The smallest absolute Gasteiger partial charge is 0.123 e. The lowest BCUT2D eigenvalue weighted by Crippen LogP contribution is -2.59. The van der Waals surface area contributed by atoms with E-state index in [-0.39, 0.29) is 5.54 Å². The van der Waals surface area contributed by atoms with Crippen LogP contribution < -0.4 is 10.5 Å². The van der Waals surface area contributed by atoms with E-state index in [2.05, 4.69) is 35.0 Å². The molecule has 0 bridgehead atoms. The highest BCUT2D eigenvalue weighted by Gasteiger charge is 2.38. The Morgan fingerprint density at radius 2 is 1.95 bits per heavy atom. The summed E-state index contributed by atoms with van der Waals surface area (Å²) in [6.45, 7) is 5.69. The van der Waals surface area contributed by atoms with Crippen LogP contribution in [0.3, 0.4) is 0 Å². The molecule has 2 aliphatic heterocycles. The molecule has 0 spiro atoms. The van der Waals surface area contributed by atoms with Crippen LogP contribution >= 0.6 is 0 Å².